The normalized spacial score (nSPS) is 14.5. The van der Waals surface area contributed by atoms with Gasteiger partial charge in [-0.15, -0.1) is 0 Å². The van der Waals surface area contributed by atoms with Gasteiger partial charge in [-0.05, 0) is 36.8 Å². The van der Waals surface area contributed by atoms with Crippen molar-refractivity contribution in [3.05, 3.63) is 47.9 Å². The largest absolute Gasteiger partial charge is 0.352 e. The molecule has 2 heterocycles. The van der Waals surface area contributed by atoms with Crippen molar-refractivity contribution in [3.8, 4) is 0 Å². The Hall–Kier alpha value is -2.72. The number of halogens is 1. The summed E-state index contributed by atoms with van der Waals surface area (Å²) >= 11 is 0. The second-order valence-corrected chi connectivity index (χ2v) is 8.33. The standard InChI is InChI=1S/C19H24FN5O3S/c1-2-7-22-19(26)14-12-17(18(23-13-14)25-10-8-21-9-11-25)24-29(27,28)16-5-3-15(20)4-6-16/h3-6,12-13,21,24H,2,7-11H2,1H3,(H,22,26). The average molecular weight is 421 g/mol. The van der Waals surface area contributed by atoms with E-state index in [0.717, 1.165) is 31.6 Å². The molecule has 1 saturated heterocycles. The minimum absolute atomic E-state index is 0.0778. The van der Waals surface area contributed by atoms with Gasteiger partial charge in [0.05, 0.1) is 16.1 Å². The van der Waals surface area contributed by atoms with Crippen molar-refractivity contribution in [2.45, 2.75) is 18.2 Å². The number of carbonyl (C=O) groups is 1. The molecule has 1 aliphatic rings. The van der Waals surface area contributed by atoms with E-state index in [1.54, 1.807) is 0 Å². The highest BCUT2D eigenvalue weighted by atomic mass is 32.2. The van der Waals surface area contributed by atoms with E-state index in [2.05, 4.69) is 20.3 Å². The molecule has 156 valence electrons. The highest BCUT2D eigenvalue weighted by molar-refractivity contribution is 7.92. The van der Waals surface area contributed by atoms with E-state index in [4.69, 9.17) is 0 Å². The molecule has 10 heteroatoms. The van der Waals surface area contributed by atoms with Gasteiger partial charge in [-0.1, -0.05) is 6.92 Å². The molecule has 0 unspecified atom stereocenters. The quantitative estimate of drug-likeness (QED) is 0.627. The second-order valence-electron chi connectivity index (χ2n) is 6.65. The Kier molecular flexibility index (Phi) is 6.65. The summed E-state index contributed by atoms with van der Waals surface area (Å²) in [6.07, 6.45) is 2.22. The maximum absolute atomic E-state index is 13.2. The van der Waals surface area contributed by atoms with Crippen LogP contribution in [0, 0.1) is 5.82 Å². The molecule has 1 aliphatic heterocycles. The van der Waals surface area contributed by atoms with Crippen LogP contribution in [0.3, 0.4) is 0 Å². The minimum Gasteiger partial charge on any atom is -0.352 e. The summed E-state index contributed by atoms with van der Waals surface area (Å²) in [6, 6.07) is 6.02. The Morgan fingerprint density at radius 3 is 2.59 bits per heavy atom. The van der Waals surface area contributed by atoms with Crippen molar-refractivity contribution < 1.29 is 17.6 Å². The van der Waals surface area contributed by atoms with Crippen LogP contribution in [0.4, 0.5) is 15.9 Å². The molecule has 0 radical (unpaired) electrons. The van der Waals surface area contributed by atoms with E-state index in [9.17, 15) is 17.6 Å². The topological polar surface area (TPSA) is 103 Å². The number of hydrogen-bond donors (Lipinski definition) is 3. The number of amides is 1. The number of benzene rings is 1. The fraction of sp³-hybridized carbons (Fsp3) is 0.368. The first-order valence-corrected chi connectivity index (χ1v) is 10.9. The maximum atomic E-state index is 13.2. The number of nitrogens with one attached hydrogen (secondary N) is 3. The molecule has 29 heavy (non-hydrogen) atoms. The van der Waals surface area contributed by atoms with Crippen LogP contribution in [0.5, 0.6) is 0 Å². The summed E-state index contributed by atoms with van der Waals surface area (Å²) in [5.41, 5.74) is 0.467. The first kappa shape index (κ1) is 21.0. The molecule has 3 N–H and O–H groups in total. The number of hydrogen-bond acceptors (Lipinski definition) is 6. The third-order valence-electron chi connectivity index (χ3n) is 4.45. The Labute approximate surface area is 169 Å². The van der Waals surface area contributed by atoms with Gasteiger partial charge >= 0.3 is 0 Å². The lowest BCUT2D eigenvalue weighted by atomic mass is 10.2. The highest BCUT2D eigenvalue weighted by Crippen LogP contribution is 2.27. The van der Waals surface area contributed by atoms with Crippen LogP contribution in [0.2, 0.25) is 0 Å². The molecule has 0 aliphatic carbocycles. The van der Waals surface area contributed by atoms with Gasteiger partial charge in [0.25, 0.3) is 15.9 Å². The molecular formula is C19H24FN5O3S. The zero-order valence-electron chi connectivity index (χ0n) is 16.1. The van der Waals surface area contributed by atoms with Crippen molar-refractivity contribution in [3.63, 3.8) is 0 Å². The fourth-order valence-electron chi connectivity index (χ4n) is 2.94. The number of carbonyl (C=O) groups excluding carboxylic acids is 1. The molecule has 0 saturated carbocycles. The summed E-state index contributed by atoms with van der Waals surface area (Å²) in [7, 11) is -3.98. The lowest BCUT2D eigenvalue weighted by Crippen LogP contribution is -2.44. The molecule has 2 aromatic rings. The zero-order valence-corrected chi connectivity index (χ0v) is 16.9. The molecule has 1 aromatic heterocycles. The highest BCUT2D eigenvalue weighted by Gasteiger charge is 2.22. The van der Waals surface area contributed by atoms with Gasteiger partial charge in [0.2, 0.25) is 0 Å². The molecule has 0 atom stereocenters. The average Bonchev–Trinajstić information content (AvgIpc) is 2.72. The van der Waals surface area contributed by atoms with Crippen LogP contribution < -0.4 is 20.3 Å². The van der Waals surface area contributed by atoms with Crippen LogP contribution in [0.25, 0.3) is 0 Å². The maximum Gasteiger partial charge on any atom is 0.262 e. The number of nitrogens with zero attached hydrogens (tertiary/aromatic N) is 2. The summed E-state index contributed by atoms with van der Waals surface area (Å²) in [4.78, 5) is 18.6. The summed E-state index contributed by atoms with van der Waals surface area (Å²) in [5.74, 6) is -0.403. The number of aromatic nitrogens is 1. The summed E-state index contributed by atoms with van der Waals surface area (Å²) in [6.45, 7) is 5.23. The SMILES string of the molecule is CCCNC(=O)c1cnc(N2CCNCC2)c(NS(=O)(=O)c2ccc(F)cc2)c1. The van der Waals surface area contributed by atoms with Crippen LogP contribution >= 0.6 is 0 Å². The number of piperazine rings is 1. The molecule has 1 aromatic carbocycles. The third-order valence-corrected chi connectivity index (χ3v) is 5.83. The summed E-state index contributed by atoms with van der Waals surface area (Å²) < 4.78 is 41.3. The van der Waals surface area contributed by atoms with Crippen LogP contribution in [-0.4, -0.2) is 52.0 Å². The zero-order chi connectivity index (χ0) is 20.9. The van der Waals surface area contributed by atoms with Gasteiger partial charge < -0.3 is 15.5 Å². The van der Waals surface area contributed by atoms with Crippen molar-refractivity contribution in [2.24, 2.45) is 0 Å². The van der Waals surface area contributed by atoms with E-state index < -0.39 is 15.8 Å². The molecule has 3 rings (SSSR count). The Morgan fingerprint density at radius 2 is 1.93 bits per heavy atom. The van der Waals surface area contributed by atoms with Crippen molar-refractivity contribution >= 4 is 27.4 Å². The molecular weight excluding hydrogens is 397 g/mol. The number of rotatable bonds is 7. The molecule has 1 fully saturated rings. The number of anilines is 2. The van der Waals surface area contributed by atoms with Crippen LogP contribution in [-0.2, 0) is 10.0 Å². The predicted octanol–water partition coefficient (Wildman–Crippen LogP) is 1.57. The van der Waals surface area contributed by atoms with E-state index >= 15 is 0 Å². The molecule has 1 amide bonds. The molecule has 0 bridgehead atoms. The van der Waals surface area contributed by atoms with Crippen LogP contribution in [0.15, 0.2) is 41.4 Å². The van der Waals surface area contributed by atoms with Gasteiger partial charge in [0, 0.05) is 38.9 Å². The van der Waals surface area contributed by atoms with Crippen molar-refractivity contribution in [1.82, 2.24) is 15.6 Å². The van der Waals surface area contributed by atoms with E-state index in [1.165, 1.54) is 24.4 Å². The first-order chi connectivity index (χ1) is 13.9. The number of sulfonamides is 1. The van der Waals surface area contributed by atoms with Gasteiger partial charge in [-0.25, -0.2) is 17.8 Å². The minimum atomic E-state index is -3.98. The Morgan fingerprint density at radius 1 is 1.24 bits per heavy atom. The van der Waals surface area contributed by atoms with E-state index in [1.807, 2.05) is 11.8 Å². The third kappa shape index (κ3) is 5.21. The molecule has 0 spiro atoms. The van der Waals surface area contributed by atoms with Gasteiger partial charge in [-0.2, -0.15) is 0 Å². The van der Waals surface area contributed by atoms with Gasteiger partial charge in [0.1, 0.15) is 5.82 Å². The monoisotopic (exact) mass is 421 g/mol. The lowest BCUT2D eigenvalue weighted by Gasteiger charge is -2.30. The van der Waals surface area contributed by atoms with Crippen molar-refractivity contribution in [2.75, 3.05) is 42.3 Å². The fourth-order valence-corrected chi connectivity index (χ4v) is 4.00. The molecule has 8 nitrogen and oxygen atoms in total. The van der Waals surface area contributed by atoms with Crippen molar-refractivity contribution in [1.29, 1.82) is 0 Å². The first-order valence-electron chi connectivity index (χ1n) is 9.43. The predicted molar refractivity (Wildman–Crippen MR) is 109 cm³/mol. The Balaban J connectivity index is 1.95. The smallest absolute Gasteiger partial charge is 0.262 e. The Bertz CT molecular complexity index is 960. The van der Waals surface area contributed by atoms with Gasteiger partial charge in [-0.3, -0.25) is 9.52 Å². The van der Waals surface area contributed by atoms with Gasteiger partial charge in [0.15, 0.2) is 5.82 Å². The van der Waals surface area contributed by atoms with Crippen LogP contribution in [0.1, 0.15) is 23.7 Å². The summed E-state index contributed by atoms with van der Waals surface area (Å²) in [5, 5.41) is 5.98. The number of pyridine rings is 1. The second kappa shape index (κ2) is 9.19. The van der Waals surface area contributed by atoms with E-state index in [-0.39, 0.29) is 22.1 Å². The lowest BCUT2D eigenvalue weighted by molar-refractivity contribution is 0.0953. The van der Waals surface area contributed by atoms with E-state index in [0.29, 0.717) is 25.5 Å².